The number of alkyl carbamates (subject to hydrolysis) is 1. The summed E-state index contributed by atoms with van der Waals surface area (Å²) in [5.74, 6) is -0.0633. The summed E-state index contributed by atoms with van der Waals surface area (Å²) in [7, 11) is 0. The fourth-order valence-electron chi connectivity index (χ4n) is 1.91. The highest BCUT2D eigenvalue weighted by Crippen LogP contribution is 2.28. The average Bonchev–Trinajstić information content (AvgIpc) is 2.35. The predicted octanol–water partition coefficient (Wildman–Crippen LogP) is 2.01. The van der Waals surface area contributed by atoms with E-state index in [4.69, 9.17) is 4.74 Å². The lowest BCUT2D eigenvalue weighted by atomic mass is 10.00. The van der Waals surface area contributed by atoms with Crippen LogP contribution in [0.5, 0.6) is 5.75 Å². The monoisotopic (exact) mass is 311 g/mol. The van der Waals surface area contributed by atoms with Crippen LogP contribution in [0, 0.1) is 6.92 Å². The highest BCUT2D eigenvalue weighted by molar-refractivity contribution is 5.67. The molecular weight excluding hydrogens is 286 g/mol. The van der Waals surface area contributed by atoms with Gasteiger partial charge in [-0.25, -0.2) is 4.79 Å². The third-order valence-electron chi connectivity index (χ3n) is 2.98. The van der Waals surface area contributed by atoms with Gasteiger partial charge in [-0.1, -0.05) is 12.1 Å². The number of nitrogens with one attached hydrogen (secondary N) is 1. The van der Waals surface area contributed by atoms with Crippen LogP contribution in [0.15, 0.2) is 18.2 Å². The van der Waals surface area contributed by atoms with Crippen molar-refractivity contribution in [1.82, 2.24) is 5.32 Å². The first-order valence-electron chi connectivity index (χ1n) is 7.22. The molecule has 0 aliphatic carbocycles. The Balaban J connectivity index is 2.48. The first-order chi connectivity index (χ1) is 10.1. The maximum atomic E-state index is 11.5. The van der Waals surface area contributed by atoms with E-state index < -0.39 is 23.9 Å². The molecule has 0 aromatic heterocycles. The number of hydrogen-bond acceptors (Lipinski definition) is 5. The maximum absolute atomic E-state index is 11.5. The largest absolute Gasteiger partial charge is 0.508 e. The Morgan fingerprint density at radius 2 is 1.95 bits per heavy atom. The minimum Gasteiger partial charge on any atom is -0.508 e. The molecule has 0 aliphatic rings. The van der Waals surface area contributed by atoms with Crippen LogP contribution in [-0.4, -0.2) is 39.7 Å². The number of phenolic OH excluding ortho intramolecular Hbond substituents is 1. The van der Waals surface area contributed by atoms with Crippen molar-refractivity contribution in [2.24, 2.45) is 0 Å². The van der Waals surface area contributed by atoms with Gasteiger partial charge in [0.25, 0.3) is 0 Å². The minimum absolute atomic E-state index is 0.0633. The number of aromatic hydroxyl groups is 1. The summed E-state index contributed by atoms with van der Waals surface area (Å²) in [6.45, 7) is 7.23. The van der Waals surface area contributed by atoms with Crippen molar-refractivity contribution in [2.75, 3.05) is 6.54 Å². The molecule has 124 valence electrons. The van der Waals surface area contributed by atoms with Crippen LogP contribution in [0.25, 0.3) is 0 Å². The molecule has 1 aromatic carbocycles. The molecule has 2 unspecified atom stereocenters. The van der Waals surface area contributed by atoms with Crippen molar-refractivity contribution in [3.63, 3.8) is 0 Å². The third-order valence-corrected chi connectivity index (χ3v) is 2.98. The fraction of sp³-hybridized carbons (Fsp3) is 0.562. The number of carbonyl (C=O) groups excluding carboxylic acids is 1. The number of aryl methyl sites for hydroxylation is 1. The molecule has 1 amide bonds. The SMILES string of the molecule is Cc1ccc(C(O)C(O)CCNC(=O)OC(C)(C)C)c(O)c1. The van der Waals surface area contributed by atoms with Gasteiger partial charge in [0.1, 0.15) is 17.5 Å². The van der Waals surface area contributed by atoms with Crippen molar-refractivity contribution in [2.45, 2.75) is 51.9 Å². The Morgan fingerprint density at radius 3 is 2.50 bits per heavy atom. The fourth-order valence-corrected chi connectivity index (χ4v) is 1.91. The smallest absolute Gasteiger partial charge is 0.407 e. The van der Waals surface area contributed by atoms with Gasteiger partial charge in [-0.05, 0) is 45.7 Å². The number of amides is 1. The summed E-state index contributed by atoms with van der Waals surface area (Å²) in [6, 6.07) is 4.83. The molecule has 4 N–H and O–H groups in total. The van der Waals surface area contributed by atoms with Crippen molar-refractivity contribution in [1.29, 1.82) is 0 Å². The van der Waals surface area contributed by atoms with E-state index in [1.165, 1.54) is 6.07 Å². The molecule has 0 fully saturated rings. The van der Waals surface area contributed by atoms with Gasteiger partial charge in [-0.15, -0.1) is 0 Å². The number of aliphatic hydroxyl groups excluding tert-OH is 2. The number of hydrogen-bond donors (Lipinski definition) is 4. The highest BCUT2D eigenvalue weighted by atomic mass is 16.6. The maximum Gasteiger partial charge on any atom is 0.407 e. The topological polar surface area (TPSA) is 99.0 Å². The molecule has 1 rings (SSSR count). The number of benzene rings is 1. The highest BCUT2D eigenvalue weighted by Gasteiger charge is 2.22. The van der Waals surface area contributed by atoms with Crippen LogP contribution >= 0.6 is 0 Å². The number of phenols is 1. The molecule has 6 heteroatoms. The molecule has 2 atom stereocenters. The first kappa shape index (κ1) is 18.3. The number of aliphatic hydroxyl groups is 2. The normalized spacial score (nSPS) is 14.3. The molecule has 6 nitrogen and oxygen atoms in total. The zero-order valence-corrected chi connectivity index (χ0v) is 13.5. The molecule has 0 saturated carbocycles. The molecule has 0 radical (unpaired) electrons. The van der Waals surface area contributed by atoms with Gasteiger partial charge < -0.3 is 25.4 Å². The third kappa shape index (κ3) is 5.91. The summed E-state index contributed by atoms with van der Waals surface area (Å²) < 4.78 is 5.06. The van der Waals surface area contributed by atoms with E-state index in [0.29, 0.717) is 0 Å². The molecular formula is C16H25NO5. The predicted molar refractivity (Wildman–Crippen MR) is 82.7 cm³/mol. The molecule has 0 aliphatic heterocycles. The van der Waals surface area contributed by atoms with Crippen LogP contribution in [0.3, 0.4) is 0 Å². The second kappa shape index (κ2) is 7.47. The summed E-state index contributed by atoms with van der Waals surface area (Å²) >= 11 is 0. The summed E-state index contributed by atoms with van der Waals surface area (Å²) in [4.78, 5) is 11.5. The number of carbonyl (C=O) groups is 1. The molecule has 0 bridgehead atoms. The molecule has 0 spiro atoms. The van der Waals surface area contributed by atoms with Gasteiger partial charge in [-0.2, -0.15) is 0 Å². The minimum atomic E-state index is -1.22. The van der Waals surface area contributed by atoms with E-state index in [9.17, 15) is 20.1 Å². The van der Waals surface area contributed by atoms with Crippen LogP contribution < -0.4 is 5.32 Å². The van der Waals surface area contributed by atoms with Gasteiger partial charge in [-0.3, -0.25) is 0 Å². The summed E-state index contributed by atoms with van der Waals surface area (Å²) in [5.41, 5.74) is 0.528. The average molecular weight is 311 g/mol. The van der Waals surface area contributed by atoms with E-state index in [0.717, 1.165) is 5.56 Å². The van der Waals surface area contributed by atoms with Crippen LogP contribution in [0.1, 0.15) is 44.4 Å². The van der Waals surface area contributed by atoms with E-state index in [1.807, 2.05) is 6.92 Å². The zero-order valence-electron chi connectivity index (χ0n) is 13.5. The molecule has 0 saturated heterocycles. The summed E-state index contributed by atoms with van der Waals surface area (Å²) in [5, 5.41) is 32.3. The lowest BCUT2D eigenvalue weighted by Crippen LogP contribution is -2.34. The standard InChI is InChI=1S/C16H25NO5/c1-10-5-6-11(13(19)9-10)14(20)12(18)7-8-17-15(21)22-16(2,3)4/h5-6,9,12,14,18-20H,7-8H2,1-4H3,(H,17,21). The van der Waals surface area contributed by atoms with Crippen molar-refractivity contribution >= 4 is 6.09 Å². The van der Waals surface area contributed by atoms with Crippen LogP contribution in [0.2, 0.25) is 0 Å². The van der Waals surface area contributed by atoms with Gasteiger partial charge in [0.2, 0.25) is 0 Å². The molecule has 0 heterocycles. The van der Waals surface area contributed by atoms with Gasteiger partial charge >= 0.3 is 6.09 Å². The Kier molecular flexibility index (Phi) is 6.20. The Morgan fingerprint density at radius 1 is 1.32 bits per heavy atom. The van der Waals surface area contributed by atoms with E-state index in [-0.39, 0.29) is 24.3 Å². The second-order valence-corrected chi connectivity index (χ2v) is 6.29. The quantitative estimate of drug-likeness (QED) is 0.666. The van der Waals surface area contributed by atoms with E-state index in [2.05, 4.69) is 5.32 Å². The Labute approximate surface area is 130 Å². The van der Waals surface area contributed by atoms with Crippen LogP contribution in [-0.2, 0) is 4.74 Å². The zero-order chi connectivity index (χ0) is 16.9. The Bertz CT molecular complexity index is 510. The first-order valence-corrected chi connectivity index (χ1v) is 7.22. The lowest BCUT2D eigenvalue weighted by molar-refractivity contribution is 0.0110. The number of ether oxygens (including phenoxy) is 1. The Hall–Kier alpha value is -1.79. The summed E-state index contributed by atoms with van der Waals surface area (Å²) in [6.07, 6.45) is -2.77. The van der Waals surface area contributed by atoms with Gasteiger partial charge in [0.15, 0.2) is 0 Å². The van der Waals surface area contributed by atoms with Crippen molar-refractivity contribution in [3.8, 4) is 5.75 Å². The number of rotatable bonds is 5. The lowest BCUT2D eigenvalue weighted by Gasteiger charge is -2.21. The van der Waals surface area contributed by atoms with Gasteiger partial charge in [0.05, 0.1) is 6.10 Å². The molecule has 22 heavy (non-hydrogen) atoms. The van der Waals surface area contributed by atoms with Crippen molar-refractivity contribution in [3.05, 3.63) is 29.3 Å². The second-order valence-electron chi connectivity index (χ2n) is 6.29. The van der Waals surface area contributed by atoms with Gasteiger partial charge in [0, 0.05) is 12.1 Å². The molecule has 1 aromatic rings. The van der Waals surface area contributed by atoms with E-state index in [1.54, 1.807) is 32.9 Å². The van der Waals surface area contributed by atoms with Crippen LogP contribution in [0.4, 0.5) is 4.79 Å². The van der Waals surface area contributed by atoms with E-state index >= 15 is 0 Å². The van der Waals surface area contributed by atoms with Crippen molar-refractivity contribution < 1.29 is 24.9 Å².